The van der Waals surface area contributed by atoms with Crippen molar-refractivity contribution in [2.45, 2.75) is 19.0 Å². The van der Waals surface area contributed by atoms with Crippen LogP contribution in [0.5, 0.6) is 0 Å². The molecule has 1 atom stereocenters. The van der Waals surface area contributed by atoms with E-state index >= 15 is 0 Å². The molecular formula is C16H15FN4OS. The second-order valence-corrected chi connectivity index (χ2v) is 6.50. The Kier molecular flexibility index (Phi) is 4.11. The Hall–Kier alpha value is -2.30. The van der Waals surface area contributed by atoms with Crippen LogP contribution in [-0.4, -0.2) is 29.6 Å². The summed E-state index contributed by atoms with van der Waals surface area (Å²) in [5, 5.41) is 15.0. The van der Waals surface area contributed by atoms with Crippen LogP contribution in [-0.2, 0) is 4.79 Å². The van der Waals surface area contributed by atoms with Crippen molar-refractivity contribution >= 4 is 22.9 Å². The molecule has 118 valence electrons. The van der Waals surface area contributed by atoms with E-state index in [-0.39, 0.29) is 13.0 Å². The Morgan fingerprint density at radius 1 is 1.57 bits per heavy atom. The number of aryl methyl sites for hydroxylation is 1. The summed E-state index contributed by atoms with van der Waals surface area (Å²) in [5.74, 6) is -0.823. The van der Waals surface area contributed by atoms with Crippen molar-refractivity contribution in [1.82, 2.24) is 10.3 Å². The molecule has 1 fully saturated rings. The monoisotopic (exact) mass is 330 g/mol. The number of nitriles is 1. The lowest BCUT2D eigenvalue weighted by molar-refractivity contribution is -0.128. The highest BCUT2D eigenvalue weighted by atomic mass is 32.1. The minimum absolute atomic E-state index is 0.0605. The molecule has 5 nitrogen and oxygen atoms in total. The molecule has 0 bridgehead atoms. The second kappa shape index (κ2) is 6.07. The maximum Gasteiger partial charge on any atom is 0.279 e. The highest BCUT2D eigenvalue weighted by Crippen LogP contribution is 2.29. The Morgan fingerprint density at radius 3 is 3.00 bits per heavy atom. The molecule has 1 saturated heterocycles. The fraction of sp³-hybridized carbons (Fsp3) is 0.312. The number of alkyl halides is 1. The number of hydrogen-bond acceptors (Lipinski definition) is 5. The lowest BCUT2D eigenvalue weighted by atomic mass is 10.0. The molecule has 2 aromatic rings. The molecule has 0 spiro atoms. The van der Waals surface area contributed by atoms with Gasteiger partial charge in [0.05, 0.1) is 16.4 Å². The van der Waals surface area contributed by atoms with E-state index in [1.807, 2.05) is 18.4 Å². The molecule has 1 aromatic heterocycles. The van der Waals surface area contributed by atoms with E-state index in [1.54, 1.807) is 24.4 Å². The number of benzene rings is 1. The number of aromatic nitrogens is 1. The normalized spacial score (nSPS) is 20.2. The molecule has 7 heteroatoms. The third-order valence-corrected chi connectivity index (χ3v) is 4.58. The van der Waals surface area contributed by atoms with Crippen LogP contribution in [0, 0.1) is 18.4 Å². The van der Waals surface area contributed by atoms with Gasteiger partial charge in [0.25, 0.3) is 5.91 Å². The van der Waals surface area contributed by atoms with Crippen LogP contribution in [0.15, 0.2) is 29.6 Å². The smallest absolute Gasteiger partial charge is 0.279 e. The van der Waals surface area contributed by atoms with Gasteiger partial charge in [-0.05, 0) is 25.6 Å². The van der Waals surface area contributed by atoms with Gasteiger partial charge in [0, 0.05) is 23.9 Å². The molecule has 1 aliphatic heterocycles. The minimum atomic E-state index is -2.02. The summed E-state index contributed by atoms with van der Waals surface area (Å²) in [6.45, 7) is 2.28. The lowest BCUT2D eigenvalue weighted by Gasteiger charge is -2.22. The van der Waals surface area contributed by atoms with Crippen LogP contribution >= 0.6 is 11.3 Å². The number of nitrogens with zero attached hydrogens (tertiary/aromatic N) is 3. The van der Waals surface area contributed by atoms with Gasteiger partial charge in [-0.3, -0.25) is 4.79 Å². The molecule has 1 aliphatic rings. The molecule has 23 heavy (non-hydrogen) atoms. The van der Waals surface area contributed by atoms with E-state index in [9.17, 15) is 14.4 Å². The first-order chi connectivity index (χ1) is 11.0. The topological polar surface area (TPSA) is 69.0 Å². The number of carbonyl (C=O) groups is 1. The van der Waals surface area contributed by atoms with Gasteiger partial charge >= 0.3 is 0 Å². The van der Waals surface area contributed by atoms with Crippen molar-refractivity contribution in [2.24, 2.45) is 0 Å². The number of carbonyl (C=O) groups excluding carboxylic acids is 1. The van der Waals surface area contributed by atoms with Gasteiger partial charge in [0.15, 0.2) is 6.19 Å². The van der Waals surface area contributed by atoms with Crippen molar-refractivity contribution < 1.29 is 9.18 Å². The van der Waals surface area contributed by atoms with Crippen LogP contribution in [0.1, 0.15) is 11.4 Å². The van der Waals surface area contributed by atoms with Crippen molar-refractivity contribution in [3.05, 3.63) is 34.7 Å². The summed E-state index contributed by atoms with van der Waals surface area (Å²) in [4.78, 5) is 17.6. The molecule has 0 radical (unpaired) electrons. The van der Waals surface area contributed by atoms with Crippen LogP contribution < -0.4 is 10.2 Å². The first-order valence-electron chi connectivity index (χ1n) is 7.20. The predicted molar refractivity (Wildman–Crippen MR) is 86.7 cm³/mol. The first kappa shape index (κ1) is 15.6. The van der Waals surface area contributed by atoms with Gasteiger partial charge in [0.1, 0.15) is 0 Å². The van der Waals surface area contributed by atoms with Crippen molar-refractivity contribution in [1.29, 1.82) is 5.26 Å². The lowest BCUT2D eigenvalue weighted by Crippen LogP contribution is -2.45. The number of rotatable bonds is 3. The zero-order valence-corrected chi connectivity index (χ0v) is 13.4. The third kappa shape index (κ3) is 2.96. The van der Waals surface area contributed by atoms with Crippen molar-refractivity contribution in [3.63, 3.8) is 0 Å². The standard InChI is InChI=1S/C16H15FN4OS/c1-11-20-14(8-23-11)12-3-2-4-13(7-12)21(10-18)15(22)16(17)5-6-19-9-16/h2-4,7-8,19H,5-6,9H2,1H3. The number of halogens is 1. The first-order valence-corrected chi connectivity index (χ1v) is 8.08. The van der Waals surface area contributed by atoms with E-state index in [0.717, 1.165) is 21.2 Å². The molecule has 0 aliphatic carbocycles. The number of amides is 1. The number of thiazole rings is 1. The Bertz CT molecular complexity index is 776. The molecule has 1 aromatic carbocycles. The van der Waals surface area contributed by atoms with Gasteiger partial charge in [-0.2, -0.15) is 5.26 Å². The molecule has 1 unspecified atom stereocenters. The zero-order valence-electron chi connectivity index (χ0n) is 12.5. The maximum absolute atomic E-state index is 14.6. The molecule has 1 amide bonds. The summed E-state index contributed by atoms with van der Waals surface area (Å²) in [5.41, 5.74) is -0.109. The summed E-state index contributed by atoms with van der Waals surface area (Å²) in [7, 11) is 0. The molecule has 3 rings (SSSR count). The van der Waals surface area contributed by atoms with Crippen LogP contribution in [0.25, 0.3) is 11.3 Å². The van der Waals surface area contributed by atoms with Gasteiger partial charge < -0.3 is 5.32 Å². The molecule has 1 N–H and O–H groups in total. The minimum Gasteiger partial charge on any atom is -0.313 e. The summed E-state index contributed by atoms with van der Waals surface area (Å²) in [6.07, 6.45) is 1.88. The highest BCUT2D eigenvalue weighted by Gasteiger charge is 2.45. The number of hydrogen-bond donors (Lipinski definition) is 1. The molecule has 2 heterocycles. The predicted octanol–water partition coefficient (Wildman–Crippen LogP) is 2.63. The summed E-state index contributed by atoms with van der Waals surface area (Å²) in [6, 6.07) is 6.88. The van der Waals surface area contributed by atoms with E-state index in [2.05, 4.69) is 10.3 Å². The highest BCUT2D eigenvalue weighted by molar-refractivity contribution is 7.09. The van der Waals surface area contributed by atoms with Crippen molar-refractivity contribution in [2.75, 3.05) is 18.0 Å². The van der Waals surface area contributed by atoms with Crippen LogP contribution in [0.2, 0.25) is 0 Å². The van der Waals surface area contributed by atoms with Gasteiger partial charge in [-0.25, -0.2) is 14.3 Å². The second-order valence-electron chi connectivity index (χ2n) is 5.43. The van der Waals surface area contributed by atoms with E-state index in [4.69, 9.17) is 0 Å². The SMILES string of the molecule is Cc1nc(-c2cccc(N(C#N)C(=O)C3(F)CCNC3)c2)cs1. The summed E-state index contributed by atoms with van der Waals surface area (Å²) >= 11 is 1.52. The Labute approximate surface area is 137 Å². The summed E-state index contributed by atoms with van der Waals surface area (Å²) < 4.78 is 14.6. The molecule has 0 saturated carbocycles. The average molecular weight is 330 g/mol. The quantitative estimate of drug-likeness (QED) is 0.694. The van der Waals surface area contributed by atoms with Gasteiger partial charge in [-0.15, -0.1) is 11.3 Å². The van der Waals surface area contributed by atoms with Crippen LogP contribution in [0.3, 0.4) is 0 Å². The maximum atomic E-state index is 14.6. The fourth-order valence-corrected chi connectivity index (χ4v) is 3.19. The van der Waals surface area contributed by atoms with E-state index in [1.165, 1.54) is 11.3 Å². The van der Waals surface area contributed by atoms with Gasteiger partial charge in [-0.1, -0.05) is 12.1 Å². The average Bonchev–Trinajstić information content (AvgIpc) is 3.18. The van der Waals surface area contributed by atoms with Gasteiger partial charge in [0.2, 0.25) is 5.67 Å². The molecular weight excluding hydrogens is 315 g/mol. The van der Waals surface area contributed by atoms with Crippen molar-refractivity contribution in [3.8, 4) is 17.5 Å². The largest absolute Gasteiger partial charge is 0.313 e. The Morgan fingerprint density at radius 2 is 2.39 bits per heavy atom. The number of nitrogens with one attached hydrogen (secondary N) is 1. The van der Waals surface area contributed by atoms with E-state index in [0.29, 0.717) is 12.2 Å². The van der Waals surface area contributed by atoms with E-state index < -0.39 is 11.6 Å². The number of anilines is 1. The van der Waals surface area contributed by atoms with Crippen LogP contribution in [0.4, 0.5) is 10.1 Å². The third-order valence-electron chi connectivity index (χ3n) is 3.81. The Balaban J connectivity index is 1.93. The zero-order chi connectivity index (χ0) is 16.4. The fourth-order valence-electron chi connectivity index (χ4n) is 2.57.